The maximum atomic E-state index is 11.8. The first-order valence-electron chi connectivity index (χ1n) is 5.62. The summed E-state index contributed by atoms with van der Waals surface area (Å²) >= 11 is 0. The maximum absolute atomic E-state index is 11.8. The van der Waals surface area contributed by atoms with E-state index in [0.717, 1.165) is 9.87 Å². The fourth-order valence-corrected chi connectivity index (χ4v) is 2.31. The van der Waals surface area contributed by atoms with E-state index in [-0.39, 0.29) is 18.0 Å². The number of nitrogens with zero attached hydrogens (tertiary/aromatic N) is 1. The molecule has 0 aliphatic rings. The van der Waals surface area contributed by atoms with Gasteiger partial charge in [-0.3, -0.25) is 0 Å². The highest BCUT2D eigenvalue weighted by Crippen LogP contribution is 2.14. The Hall–Kier alpha value is -0.910. The summed E-state index contributed by atoms with van der Waals surface area (Å²) in [5, 5.41) is 8.68. The zero-order chi connectivity index (χ0) is 13.5. The van der Waals surface area contributed by atoms with E-state index in [1.165, 1.54) is 7.05 Å². The van der Waals surface area contributed by atoms with E-state index < -0.39 is 10.0 Å². The topological polar surface area (TPSA) is 57.6 Å². The Labute approximate surface area is 104 Å². The van der Waals surface area contributed by atoms with Gasteiger partial charge in [0.2, 0.25) is 10.0 Å². The average Bonchev–Trinajstić information content (AvgIpc) is 2.32. The maximum Gasteiger partial charge on any atom is 0.242 e. The lowest BCUT2D eigenvalue weighted by Gasteiger charge is -2.15. The van der Waals surface area contributed by atoms with Crippen molar-refractivity contribution in [1.82, 2.24) is 4.31 Å². The van der Waals surface area contributed by atoms with Gasteiger partial charge in [-0.05, 0) is 19.1 Å². The molecule has 1 aromatic carbocycles. The predicted octanol–water partition coefficient (Wildman–Crippen LogP) is 1.63. The van der Waals surface area contributed by atoms with E-state index >= 15 is 0 Å². The molecule has 0 aliphatic heterocycles. The summed E-state index contributed by atoms with van der Waals surface area (Å²) in [6.07, 6.45) is 0. The second kappa shape index (κ2) is 7.42. The summed E-state index contributed by atoms with van der Waals surface area (Å²) in [5.41, 5.74) is 1.01. The van der Waals surface area contributed by atoms with Gasteiger partial charge in [0.1, 0.15) is 0 Å². The Bertz CT molecular complexity index is 412. The third kappa shape index (κ3) is 4.46. The van der Waals surface area contributed by atoms with E-state index in [0.29, 0.717) is 0 Å². The van der Waals surface area contributed by atoms with Gasteiger partial charge in [0, 0.05) is 13.6 Å². The SMILES string of the molecule is CC.Cc1ccc(S(=O)(=O)N(C)CCO)cc1. The molecule has 0 saturated carbocycles. The number of hydrogen-bond donors (Lipinski definition) is 1. The Morgan fingerprint density at radius 2 is 1.65 bits per heavy atom. The molecule has 98 valence electrons. The second-order valence-corrected chi connectivity index (χ2v) is 5.41. The number of aryl methyl sites for hydroxylation is 1. The lowest BCUT2D eigenvalue weighted by Crippen LogP contribution is -2.29. The van der Waals surface area contributed by atoms with Crippen LogP contribution in [0.25, 0.3) is 0 Å². The number of aliphatic hydroxyl groups excluding tert-OH is 1. The minimum absolute atomic E-state index is 0.107. The summed E-state index contributed by atoms with van der Waals surface area (Å²) in [6, 6.07) is 6.64. The molecule has 5 heteroatoms. The van der Waals surface area contributed by atoms with Crippen molar-refractivity contribution in [2.45, 2.75) is 25.7 Å². The van der Waals surface area contributed by atoms with Crippen molar-refractivity contribution in [2.24, 2.45) is 0 Å². The molecule has 0 unspecified atom stereocenters. The zero-order valence-electron chi connectivity index (χ0n) is 10.8. The number of sulfonamides is 1. The third-order valence-corrected chi connectivity index (χ3v) is 4.02. The minimum atomic E-state index is -3.44. The number of aliphatic hydroxyl groups is 1. The van der Waals surface area contributed by atoms with Gasteiger partial charge < -0.3 is 5.11 Å². The van der Waals surface area contributed by atoms with Gasteiger partial charge in [-0.25, -0.2) is 8.42 Å². The molecule has 4 nitrogen and oxygen atoms in total. The third-order valence-electron chi connectivity index (χ3n) is 2.14. The summed E-state index contributed by atoms with van der Waals surface area (Å²) in [6.45, 7) is 5.83. The van der Waals surface area contributed by atoms with Gasteiger partial charge in [0.25, 0.3) is 0 Å². The number of rotatable bonds is 4. The fraction of sp³-hybridized carbons (Fsp3) is 0.500. The Morgan fingerprint density at radius 1 is 1.18 bits per heavy atom. The lowest BCUT2D eigenvalue weighted by atomic mass is 10.2. The van der Waals surface area contributed by atoms with E-state index in [1.807, 2.05) is 20.8 Å². The molecule has 0 saturated heterocycles. The highest BCUT2D eigenvalue weighted by atomic mass is 32.2. The largest absolute Gasteiger partial charge is 0.395 e. The normalized spacial score (nSPS) is 10.9. The lowest BCUT2D eigenvalue weighted by molar-refractivity contribution is 0.266. The standard InChI is InChI=1S/C10H15NO3S.C2H6/c1-9-3-5-10(6-4-9)15(13,14)11(2)7-8-12;1-2/h3-6,12H,7-8H2,1-2H3;1-2H3. The summed E-state index contributed by atoms with van der Waals surface area (Å²) in [5.74, 6) is 0. The van der Waals surface area contributed by atoms with E-state index in [4.69, 9.17) is 5.11 Å². The average molecular weight is 259 g/mol. The van der Waals surface area contributed by atoms with Crippen LogP contribution in [0.5, 0.6) is 0 Å². The van der Waals surface area contributed by atoms with Crippen LogP contribution in [-0.2, 0) is 10.0 Å². The molecule has 1 rings (SSSR count). The predicted molar refractivity (Wildman–Crippen MR) is 69.4 cm³/mol. The summed E-state index contributed by atoms with van der Waals surface area (Å²) < 4.78 is 24.8. The molecule has 0 bridgehead atoms. The van der Waals surface area contributed by atoms with Crippen molar-refractivity contribution >= 4 is 10.0 Å². The van der Waals surface area contributed by atoms with Crippen molar-refractivity contribution in [3.63, 3.8) is 0 Å². The van der Waals surface area contributed by atoms with Gasteiger partial charge >= 0.3 is 0 Å². The molecular formula is C12H21NO3S. The Kier molecular flexibility index (Phi) is 7.03. The molecule has 0 fully saturated rings. The number of hydrogen-bond acceptors (Lipinski definition) is 3. The van der Waals surface area contributed by atoms with Crippen LogP contribution in [0.1, 0.15) is 19.4 Å². The molecular weight excluding hydrogens is 238 g/mol. The molecule has 17 heavy (non-hydrogen) atoms. The molecule has 0 amide bonds. The number of likely N-dealkylation sites (N-methyl/N-ethyl adjacent to an activating group) is 1. The van der Waals surface area contributed by atoms with Crippen molar-refractivity contribution in [1.29, 1.82) is 0 Å². The van der Waals surface area contributed by atoms with Crippen LogP contribution in [0.2, 0.25) is 0 Å². The summed E-state index contributed by atoms with van der Waals surface area (Å²) in [7, 11) is -1.99. The summed E-state index contributed by atoms with van der Waals surface area (Å²) in [4.78, 5) is 0.254. The van der Waals surface area contributed by atoms with E-state index in [1.54, 1.807) is 24.3 Å². The quantitative estimate of drug-likeness (QED) is 0.894. The monoisotopic (exact) mass is 259 g/mol. The van der Waals surface area contributed by atoms with Crippen molar-refractivity contribution in [2.75, 3.05) is 20.2 Å². The van der Waals surface area contributed by atoms with Gasteiger partial charge in [-0.1, -0.05) is 31.5 Å². The molecule has 0 aliphatic carbocycles. The molecule has 0 radical (unpaired) electrons. The van der Waals surface area contributed by atoms with Crippen LogP contribution in [0.15, 0.2) is 29.2 Å². The molecule has 0 heterocycles. The van der Waals surface area contributed by atoms with Gasteiger partial charge in [0.15, 0.2) is 0 Å². The molecule has 1 N–H and O–H groups in total. The van der Waals surface area contributed by atoms with Crippen LogP contribution in [0, 0.1) is 6.92 Å². The van der Waals surface area contributed by atoms with Crippen molar-refractivity contribution in [3.05, 3.63) is 29.8 Å². The first-order chi connectivity index (χ1) is 7.98. The molecule has 0 spiro atoms. The minimum Gasteiger partial charge on any atom is -0.395 e. The van der Waals surface area contributed by atoms with Crippen LogP contribution in [0.3, 0.4) is 0 Å². The number of benzene rings is 1. The molecule has 1 aromatic rings. The van der Waals surface area contributed by atoms with Gasteiger partial charge in [-0.15, -0.1) is 0 Å². The smallest absolute Gasteiger partial charge is 0.242 e. The second-order valence-electron chi connectivity index (χ2n) is 3.36. The highest BCUT2D eigenvalue weighted by molar-refractivity contribution is 7.89. The molecule has 0 aromatic heterocycles. The van der Waals surface area contributed by atoms with Crippen molar-refractivity contribution < 1.29 is 13.5 Å². The van der Waals surface area contributed by atoms with Crippen LogP contribution in [-0.4, -0.2) is 38.0 Å². The fourth-order valence-electron chi connectivity index (χ4n) is 1.15. The Morgan fingerprint density at radius 3 is 2.06 bits per heavy atom. The zero-order valence-corrected chi connectivity index (χ0v) is 11.7. The van der Waals surface area contributed by atoms with E-state index in [9.17, 15) is 8.42 Å². The van der Waals surface area contributed by atoms with Crippen molar-refractivity contribution in [3.8, 4) is 0 Å². The van der Waals surface area contributed by atoms with Crippen LogP contribution < -0.4 is 0 Å². The molecule has 0 atom stereocenters. The van der Waals surface area contributed by atoms with Crippen LogP contribution >= 0.6 is 0 Å². The first kappa shape index (κ1) is 16.1. The first-order valence-corrected chi connectivity index (χ1v) is 7.06. The van der Waals surface area contributed by atoms with Crippen LogP contribution in [0.4, 0.5) is 0 Å². The Balaban J connectivity index is 0.00000121. The van der Waals surface area contributed by atoms with Gasteiger partial charge in [0.05, 0.1) is 11.5 Å². The van der Waals surface area contributed by atoms with Gasteiger partial charge in [-0.2, -0.15) is 4.31 Å². The highest BCUT2D eigenvalue weighted by Gasteiger charge is 2.19. The van der Waals surface area contributed by atoms with E-state index in [2.05, 4.69) is 0 Å².